The smallest absolute Gasteiger partial charge is 0.191 e. The zero-order chi connectivity index (χ0) is 19.3. The fraction of sp³-hybridized carbons (Fsp3) is 0.381. The highest BCUT2D eigenvalue weighted by atomic mass is 127. The molecule has 0 heterocycles. The normalized spacial score (nSPS) is 10.8. The number of halogens is 1. The fourth-order valence-electron chi connectivity index (χ4n) is 2.43. The van der Waals surface area contributed by atoms with E-state index < -0.39 is 0 Å². The number of hydrogen-bond donors (Lipinski definition) is 2. The minimum Gasteiger partial charge on any atom is -0.497 e. The number of benzene rings is 2. The van der Waals surface area contributed by atoms with E-state index in [0.717, 1.165) is 35.1 Å². The second-order valence-corrected chi connectivity index (χ2v) is 5.90. The lowest BCUT2D eigenvalue weighted by atomic mass is 10.1. The van der Waals surface area contributed by atoms with Crippen LogP contribution in [0.25, 0.3) is 0 Å². The molecule has 0 aliphatic rings. The van der Waals surface area contributed by atoms with Gasteiger partial charge in [0.25, 0.3) is 0 Å². The fourth-order valence-corrected chi connectivity index (χ4v) is 2.43. The third-order valence-electron chi connectivity index (χ3n) is 3.82. The lowest BCUT2D eigenvalue weighted by molar-refractivity contribution is 0.185. The monoisotopic (exact) mass is 499 g/mol. The van der Waals surface area contributed by atoms with Crippen molar-refractivity contribution in [3.05, 3.63) is 59.7 Å². The molecule has 0 spiro atoms. The summed E-state index contributed by atoms with van der Waals surface area (Å²) in [4.78, 5) is 4.62. The van der Waals surface area contributed by atoms with Crippen molar-refractivity contribution in [2.75, 3.05) is 33.9 Å². The summed E-state index contributed by atoms with van der Waals surface area (Å²) in [7, 11) is 3.35. The number of rotatable bonds is 10. The van der Waals surface area contributed by atoms with Gasteiger partial charge in [-0.05, 0) is 42.3 Å². The second kappa shape index (κ2) is 14.1. The molecule has 0 aromatic heterocycles. The largest absolute Gasteiger partial charge is 0.497 e. The van der Waals surface area contributed by atoms with E-state index in [4.69, 9.17) is 14.2 Å². The first-order valence-electron chi connectivity index (χ1n) is 9.11. The maximum absolute atomic E-state index is 5.72. The lowest BCUT2D eigenvalue weighted by Gasteiger charge is -2.12. The summed E-state index contributed by atoms with van der Waals surface area (Å²) >= 11 is 0. The molecule has 2 aromatic carbocycles. The van der Waals surface area contributed by atoms with Crippen LogP contribution in [0.3, 0.4) is 0 Å². The molecule has 0 amide bonds. The highest BCUT2D eigenvalue weighted by Gasteiger charge is 2.00. The molecular weight excluding hydrogens is 469 g/mol. The summed E-state index contributed by atoms with van der Waals surface area (Å²) in [5.74, 6) is 2.41. The molecule has 0 saturated heterocycles. The Kier molecular flexibility index (Phi) is 12.1. The van der Waals surface area contributed by atoms with Gasteiger partial charge in [-0.3, -0.25) is 0 Å². The van der Waals surface area contributed by atoms with Gasteiger partial charge >= 0.3 is 0 Å². The molecule has 0 fully saturated rings. The molecule has 154 valence electrons. The van der Waals surface area contributed by atoms with E-state index in [0.29, 0.717) is 26.3 Å². The Balaban J connectivity index is 0.00000392. The summed E-state index contributed by atoms with van der Waals surface area (Å²) in [6.45, 7) is 5.29. The van der Waals surface area contributed by atoms with Crippen LogP contribution in [0.5, 0.6) is 11.5 Å². The molecule has 2 rings (SSSR count). The highest BCUT2D eigenvalue weighted by molar-refractivity contribution is 14.0. The van der Waals surface area contributed by atoms with Gasteiger partial charge in [0, 0.05) is 13.7 Å². The quantitative estimate of drug-likeness (QED) is 0.227. The van der Waals surface area contributed by atoms with Crippen molar-refractivity contribution in [1.29, 1.82) is 0 Å². The number of methoxy groups -OCH3 is 2. The zero-order valence-electron chi connectivity index (χ0n) is 16.7. The summed E-state index contributed by atoms with van der Waals surface area (Å²) in [5, 5.41) is 6.53. The Hall–Kier alpha value is -2.00. The maximum Gasteiger partial charge on any atom is 0.191 e. The zero-order valence-corrected chi connectivity index (χ0v) is 19.1. The van der Waals surface area contributed by atoms with Crippen molar-refractivity contribution < 1.29 is 14.2 Å². The van der Waals surface area contributed by atoms with Crippen LogP contribution < -0.4 is 20.1 Å². The van der Waals surface area contributed by atoms with E-state index in [2.05, 4.69) is 39.9 Å². The van der Waals surface area contributed by atoms with Crippen molar-refractivity contribution in [1.82, 2.24) is 10.6 Å². The molecular formula is C21H30IN3O3. The summed E-state index contributed by atoms with van der Waals surface area (Å²) < 4.78 is 16.0. The topological polar surface area (TPSA) is 64.1 Å². The average molecular weight is 499 g/mol. The van der Waals surface area contributed by atoms with Gasteiger partial charge in [-0.15, -0.1) is 24.0 Å². The van der Waals surface area contributed by atoms with Crippen molar-refractivity contribution in [2.45, 2.75) is 20.1 Å². The number of nitrogens with zero attached hydrogens (tertiary/aromatic N) is 1. The van der Waals surface area contributed by atoms with Gasteiger partial charge in [0.2, 0.25) is 0 Å². The van der Waals surface area contributed by atoms with Crippen LogP contribution in [0.1, 0.15) is 18.1 Å². The molecule has 0 aliphatic heterocycles. The van der Waals surface area contributed by atoms with Gasteiger partial charge in [-0.2, -0.15) is 0 Å². The van der Waals surface area contributed by atoms with Crippen LogP contribution in [0.2, 0.25) is 0 Å². The third-order valence-corrected chi connectivity index (χ3v) is 3.82. The van der Waals surface area contributed by atoms with Gasteiger partial charge in [-0.1, -0.05) is 24.3 Å². The molecule has 2 aromatic rings. The predicted octanol–water partition coefficient (Wildman–Crippen LogP) is 3.59. The maximum atomic E-state index is 5.72. The second-order valence-electron chi connectivity index (χ2n) is 5.90. The van der Waals surface area contributed by atoms with Crippen LogP contribution in [-0.2, 0) is 17.9 Å². The molecule has 0 bridgehead atoms. The molecule has 0 radical (unpaired) electrons. The van der Waals surface area contributed by atoms with Crippen molar-refractivity contribution in [2.24, 2.45) is 4.99 Å². The minimum absolute atomic E-state index is 0. The Morgan fingerprint density at radius 2 is 1.54 bits per heavy atom. The Morgan fingerprint density at radius 1 is 0.893 bits per heavy atom. The summed E-state index contributed by atoms with van der Waals surface area (Å²) in [6, 6.07) is 15.8. The van der Waals surface area contributed by atoms with E-state index in [9.17, 15) is 0 Å². The third kappa shape index (κ3) is 8.79. The first kappa shape index (κ1) is 24.0. The van der Waals surface area contributed by atoms with Crippen LogP contribution in [-0.4, -0.2) is 39.9 Å². The van der Waals surface area contributed by atoms with Gasteiger partial charge in [0.1, 0.15) is 18.1 Å². The Morgan fingerprint density at radius 3 is 2.14 bits per heavy atom. The van der Waals surface area contributed by atoms with Crippen LogP contribution in [0.4, 0.5) is 0 Å². The van der Waals surface area contributed by atoms with Crippen LogP contribution in [0.15, 0.2) is 53.5 Å². The Labute approximate surface area is 184 Å². The van der Waals surface area contributed by atoms with Crippen molar-refractivity contribution >= 4 is 29.9 Å². The van der Waals surface area contributed by atoms with E-state index in [1.807, 2.05) is 31.2 Å². The molecule has 0 saturated carbocycles. The molecule has 0 atom stereocenters. The summed E-state index contributed by atoms with van der Waals surface area (Å²) in [6.07, 6.45) is 0. The average Bonchev–Trinajstić information content (AvgIpc) is 2.71. The SMILES string of the molecule is CCNC(=NCc1ccc(COC)cc1)NCCOc1ccc(OC)cc1.I. The molecule has 0 aliphatic carbocycles. The summed E-state index contributed by atoms with van der Waals surface area (Å²) in [5.41, 5.74) is 2.31. The van der Waals surface area contributed by atoms with Crippen LogP contribution >= 0.6 is 24.0 Å². The number of ether oxygens (including phenoxy) is 3. The molecule has 2 N–H and O–H groups in total. The molecule has 0 unspecified atom stereocenters. The van der Waals surface area contributed by atoms with Crippen molar-refractivity contribution in [3.8, 4) is 11.5 Å². The molecule has 7 heteroatoms. The first-order valence-corrected chi connectivity index (χ1v) is 9.11. The molecule has 6 nitrogen and oxygen atoms in total. The predicted molar refractivity (Wildman–Crippen MR) is 124 cm³/mol. The van der Waals surface area contributed by atoms with E-state index in [1.165, 1.54) is 0 Å². The van der Waals surface area contributed by atoms with Gasteiger partial charge in [0.05, 0.1) is 26.8 Å². The highest BCUT2D eigenvalue weighted by Crippen LogP contribution is 2.16. The first-order chi connectivity index (χ1) is 13.2. The number of nitrogens with one attached hydrogen (secondary N) is 2. The molecule has 28 heavy (non-hydrogen) atoms. The Bertz CT molecular complexity index is 691. The van der Waals surface area contributed by atoms with Gasteiger partial charge in [-0.25, -0.2) is 4.99 Å². The van der Waals surface area contributed by atoms with Crippen molar-refractivity contribution in [3.63, 3.8) is 0 Å². The van der Waals surface area contributed by atoms with E-state index in [-0.39, 0.29) is 24.0 Å². The van der Waals surface area contributed by atoms with E-state index in [1.54, 1.807) is 14.2 Å². The lowest BCUT2D eigenvalue weighted by Crippen LogP contribution is -2.39. The minimum atomic E-state index is 0. The van der Waals surface area contributed by atoms with Gasteiger partial charge in [0.15, 0.2) is 5.96 Å². The number of hydrogen-bond acceptors (Lipinski definition) is 4. The van der Waals surface area contributed by atoms with E-state index >= 15 is 0 Å². The number of guanidine groups is 1. The number of aliphatic imine (C=N–C) groups is 1. The standard InChI is InChI=1S/C21H29N3O3.HI/c1-4-22-21(24-15-17-5-7-18(8-6-17)16-25-2)23-13-14-27-20-11-9-19(26-3)10-12-20;/h5-12H,4,13-16H2,1-3H3,(H2,22,23,24);1H. The van der Waals surface area contributed by atoms with Crippen LogP contribution in [0, 0.1) is 0 Å². The van der Waals surface area contributed by atoms with Gasteiger partial charge < -0.3 is 24.8 Å².